The summed E-state index contributed by atoms with van der Waals surface area (Å²) in [4.78, 5) is 89.1. The third-order valence-corrected chi connectivity index (χ3v) is 16.8. The van der Waals surface area contributed by atoms with E-state index >= 15 is 8.78 Å². The monoisotopic (exact) mass is 1180 g/mol. The number of anilines is 3. The van der Waals surface area contributed by atoms with Crippen molar-refractivity contribution in [2.24, 2.45) is 11.5 Å². The van der Waals surface area contributed by atoms with Crippen molar-refractivity contribution in [3.8, 4) is 0 Å². The third-order valence-electron chi connectivity index (χ3n) is 15.7. The highest BCUT2D eigenvalue weighted by molar-refractivity contribution is 6.39. The molecule has 3 aromatic carbocycles. The zero-order chi connectivity index (χ0) is 57.9. The maximum Gasteiger partial charge on any atom is 0.341 e. The Labute approximate surface area is 475 Å². The summed E-state index contributed by atoms with van der Waals surface area (Å²) in [5, 5.41) is 31.1. The van der Waals surface area contributed by atoms with Gasteiger partial charge in [-0.3, -0.25) is 19.2 Å². The highest BCUT2D eigenvalue weighted by atomic mass is 35.5. The Kier molecular flexibility index (Phi) is 16.4. The Bertz CT molecular complexity index is 3610. The number of carboxylic acid groups (broad SMARTS) is 3. The van der Waals surface area contributed by atoms with E-state index < -0.39 is 57.2 Å². The lowest BCUT2D eigenvalue weighted by Gasteiger charge is -2.27. The van der Waals surface area contributed by atoms with Crippen molar-refractivity contribution < 1.29 is 47.7 Å². The number of nitrogens with one attached hydrogen (secondary N) is 1. The van der Waals surface area contributed by atoms with E-state index in [1.165, 1.54) is 18.6 Å². The van der Waals surface area contributed by atoms with E-state index in [0.29, 0.717) is 62.4 Å². The van der Waals surface area contributed by atoms with Crippen LogP contribution in [0.2, 0.25) is 15.1 Å². The van der Waals surface area contributed by atoms with Gasteiger partial charge in [-0.2, -0.15) is 0 Å². The number of halogens is 6. The van der Waals surface area contributed by atoms with Gasteiger partial charge in [-0.05, 0) is 82.4 Å². The van der Waals surface area contributed by atoms with Crippen LogP contribution in [0.4, 0.5) is 30.2 Å². The average Bonchev–Trinajstić information content (AvgIpc) is 3.51. The summed E-state index contributed by atoms with van der Waals surface area (Å²) in [6, 6.07) is 3.36. The van der Waals surface area contributed by atoms with Gasteiger partial charge in [0.05, 0.1) is 64.8 Å². The molecule has 3 aliphatic carbocycles. The molecule has 3 saturated heterocycles. The Morgan fingerprint density at radius 1 is 0.494 bits per heavy atom. The SMILES string of the molecule is N[C@@H]1CCCCN(c2c(F)cc3c(=O)c(C(=O)O)cn(C4CC4)c3c2Cl)C1.N[C@H]1CCCCN(c2c(F)cc3c(=O)c(C(=O)O)cn(C4CC4)c3c2Cl)C1.O=C1CCN(c2c(F)cc3c(=O)c(C(=O)O)cn(C4CC4)c3c2Cl)CCN1. The topological polar surface area (TPSA) is 269 Å². The van der Waals surface area contributed by atoms with Crippen LogP contribution in [-0.2, 0) is 4.79 Å². The molecule has 3 saturated carbocycles. The number of aromatic carboxylic acids is 3. The number of pyridine rings is 3. The molecule has 2 atom stereocenters. The molecule has 0 unspecified atom stereocenters. The van der Waals surface area contributed by atoms with Gasteiger partial charge < -0.3 is 60.5 Å². The first kappa shape index (κ1) is 57.4. The molecule has 3 aromatic heterocycles. The molecule has 430 valence electrons. The lowest BCUT2D eigenvalue weighted by atomic mass is 10.1. The third kappa shape index (κ3) is 11.5. The number of nitrogens with zero attached hydrogens (tertiary/aromatic N) is 6. The number of carbonyl (C=O) groups is 4. The van der Waals surface area contributed by atoms with Crippen LogP contribution in [0.5, 0.6) is 0 Å². The zero-order valence-corrected chi connectivity index (χ0v) is 46.1. The highest BCUT2D eigenvalue weighted by Gasteiger charge is 2.35. The molecule has 6 aromatic rings. The van der Waals surface area contributed by atoms with Gasteiger partial charge in [-0.1, -0.05) is 47.6 Å². The maximum absolute atomic E-state index is 15.0. The molecule has 0 spiro atoms. The quantitative estimate of drug-likeness (QED) is 0.0793. The molecule has 25 heteroatoms. The molecular weight excluding hydrogens is 1120 g/mol. The second kappa shape index (κ2) is 23.2. The van der Waals surface area contributed by atoms with Crippen molar-refractivity contribution in [1.29, 1.82) is 0 Å². The smallest absolute Gasteiger partial charge is 0.341 e. The lowest BCUT2D eigenvalue weighted by Crippen LogP contribution is -2.36. The first-order chi connectivity index (χ1) is 38.6. The summed E-state index contributed by atoms with van der Waals surface area (Å²) in [7, 11) is 0. The van der Waals surface area contributed by atoms with Crippen molar-refractivity contribution >= 4 is 108 Å². The van der Waals surface area contributed by atoms with Crippen LogP contribution in [-0.4, -0.2) is 111 Å². The minimum atomic E-state index is -1.35. The Morgan fingerprint density at radius 3 is 1.15 bits per heavy atom. The molecule has 0 bridgehead atoms. The average molecular weight is 1180 g/mol. The number of aromatic nitrogens is 3. The van der Waals surface area contributed by atoms with E-state index in [1.54, 1.807) is 18.6 Å². The number of hydrogen-bond acceptors (Lipinski definition) is 12. The number of carboxylic acids is 3. The van der Waals surface area contributed by atoms with Crippen molar-refractivity contribution in [2.75, 3.05) is 60.5 Å². The van der Waals surface area contributed by atoms with E-state index in [2.05, 4.69) is 5.32 Å². The van der Waals surface area contributed by atoms with Gasteiger partial charge in [0.1, 0.15) is 34.1 Å². The predicted molar refractivity (Wildman–Crippen MR) is 303 cm³/mol. The van der Waals surface area contributed by atoms with Gasteiger partial charge in [0.25, 0.3) is 0 Å². The molecule has 6 fully saturated rings. The molecule has 1 amide bonds. The number of nitrogens with two attached hydrogens (primary N) is 2. The summed E-state index contributed by atoms with van der Waals surface area (Å²) in [6.07, 6.45) is 14.8. The van der Waals surface area contributed by atoms with Crippen LogP contribution < -0.4 is 47.8 Å². The van der Waals surface area contributed by atoms with Crippen LogP contribution in [0.15, 0.2) is 51.2 Å². The minimum Gasteiger partial charge on any atom is -0.477 e. The maximum atomic E-state index is 15.0. The summed E-state index contributed by atoms with van der Waals surface area (Å²) in [6.45, 7) is 3.29. The van der Waals surface area contributed by atoms with Crippen LogP contribution in [0.25, 0.3) is 32.7 Å². The number of benzene rings is 3. The van der Waals surface area contributed by atoms with Crippen molar-refractivity contribution in [3.63, 3.8) is 0 Å². The number of rotatable bonds is 9. The van der Waals surface area contributed by atoms with Crippen LogP contribution >= 0.6 is 34.8 Å². The number of carbonyl (C=O) groups excluding carboxylic acids is 1. The van der Waals surface area contributed by atoms with Gasteiger partial charge in [0.15, 0.2) is 0 Å². The summed E-state index contributed by atoms with van der Waals surface area (Å²) in [5.74, 6) is -6.06. The van der Waals surface area contributed by atoms with Crippen LogP contribution in [0, 0.1) is 17.5 Å². The van der Waals surface area contributed by atoms with Crippen molar-refractivity contribution in [2.45, 2.75) is 114 Å². The molecule has 19 nitrogen and oxygen atoms in total. The second-order valence-electron chi connectivity index (χ2n) is 21.7. The molecule has 81 heavy (non-hydrogen) atoms. The first-order valence-electron chi connectivity index (χ1n) is 27.1. The van der Waals surface area contributed by atoms with E-state index in [1.807, 2.05) is 9.80 Å². The number of hydrogen-bond donors (Lipinski definition) is 6. The fraction of sp³-hybridized carbons (Fsp3) is 0.446. The summed E-state index contributed by atoms with van der Waals surface area (Å²) >= 11 is 19.8. The Morgan fingerprint density at radius 2 is 0.827 bits per heavy atom. The van der Waals surface area contributed by atoms with Crippen LogP contribution in [0.1, 0.15) is 133 Å². The summed E-state index contributed by atoms with van der Waals surface area (Å²) < 4.78 is 50.1. The molecule has 12 rings (SSSR count). The van der Waals surface area contributed by atoms with Gasteiger partial charge in [0, 0.05) is 101 Å². The minimum absolute atomic E-state index is 0.00664. The Balaban J connectivity index is 0.000000136. The lowest BCUT2D eigenvalue weighted by molar-refractivity contribution is -0.120. The van der Waals surface area contributed by atoms with Gasteiger partial charge in [-0.15, -0.1) is 0 Å². The molecule has 8 N–H and O–H groups in total. The second-order valence-corrected chi connectivity index (χ2v) is 22.8. The van der Waals surface area contributed by atoms with Gasteiger partial charge in [-0.25, -0.2) is 27.6 Å². The molecule has 3 aliphatic heterocycles. The van der Waals surface area contributed by atoms with E-state index in [4.69, 9.17) is 46.3 Å². The number of fused-ring (bicyclic) bond motifs is 3. The molecular formula is C56H59Cl3F3N9O10. The highest BCUT2D eigenvalue weighted by Crippen LogP contribution is 2.45. The van der Waals surface area contributed by atoms with Crippen molar-refractivity contribution in [3.05, 3.63) is 117 Å². The van der Waals surface area contributed by atoms with Crippen LogP contribution in [0.3, 0.4) is 0 Å². The van der Waals surface area contributed by atoms with E-state index in [0.717, 1.165) is 95.2 Å². The fourth-order valence-corrected chi connectivity index (χ4v) is 12.5. The van der Waals surface area contributed by atoms with Gasteiger partial charge >= 0.3 is 17.9 Å². The molecule has 0 radical (unpaired) electrons. The van der Waals surface area contributed by atoms with E-state index in [9.17, 15) is 53.3 Å². The van der Waals surface area contributed by atoms with Gasteiger partial charge in [0.2, 0.25) is 22.2 Å². The standard InChI is InChI=1S/2C19H21ClFN3O3.C18H17ClFN3O4/c2*20-15-16-12(18(25)13(19(26)27)9-24(16)11-4-5-11)7-14(21)17(15)23-6-2-1-3-10(22)8-23;19-14-15-10(17(25)11(18(26)27)8-23(15)9-1-2-9)7-12(20)16(14)22-5-3-13(24)21-4-6-22/h2*7,9-11H,1-6,8,22H2,(H,26,27);7-9H,1-6H2,(H,21,24)(H,26,27)/t2*10-;/m10./s1. The van der Waals surface area contributed by atoms with Crippen molar-refractivity contribution in [1.82, 2.24) is 19.0 Å². The largest absolute Gasteiger partial charge is 0.477 e. The number of amides is 1. The molecule has 6 aliphatic rings. The fourth-order valence-electron chi connectivity index (χ4n) is 11.3. The molecule has 6 heterocycles. The normalized spacial score (nSPS) is 19.7. The van der Waals surface area contributed by atoms with E-state index in [-0.39, 0.29) is 102 Å². The predicted octanol–water partition coefficient (Wildman–Crippen LogP) is 8.44. The first-order valence-corrected chi connectivity index (χ1v) is 28.2. The summed E-state index contributed by atoms with van der Waals surface area (Å²) in [5.41, 5.74) is 10.7. The zero-order valence-electron chi connectivity index (χ0n) is 43.8. The Hall–Kier alpha value is -6.85.